The molecule has 0 bridgehead atoms. The van der Waals surface area contributed by atoms with Crippen LogP contribution in [-0.4, -0.2) is 31.2 Å². The number of hydrogen-bond donors (Lipinski definition) is 1. The number of ether oxygens (including phenoxy) is 2. The van der Waals surface area contributed by atoms with Crippen LogP contribution in [0.25, 0.3) is 0 Å². The number of carbonyl (C=O) groups excluding carboxylic acids is 1. The molecule has 1 amide bonds. The Morgan fingerprint density at radius 3 is 2.60 bits per heavy atom. The van der Waals surface area contributed by atoms with Gasteiger partial charge in [0.05, 0.1) is 19.9 Å². The van der Waals surface area contributed by atoms with Crippen molar-refractivity contribution in [2.75, 3.05) is 20.3 Å². The van der Waals surface area contributed by atoms with Crippen LogP contribution in [0.5, 0.6) is 11.5 Å². The fourth-order valence-corrected chi connectivity index (χ4v) is 1.56. The molecule has 0 spiro atoms. The van der Waals surface area contributed by atoms with Gasteiger partial charge in [-0.05, 0) is 24.3 Å². The van der Waals surface area contributed by atoms with Crippen molar-refractivity contribution >= 4 is 5.91 Å². The van der Waals surface area contributed by atoms with E-state index in [-0.39, 0.29) is 11.7 Å². The summed E-state index contributed by atoms with van der Waals surface area (Å²) in [6, 6.07) is 7.23. The maximum absolute atomic E-state index is 11.6. The second-order valence-electron chi connectivity index (χ2n) is 4.02. The standard InChI is InChI=1S/C14H16N2O4/c1-10-16-9-13(20-10)14(17)15-7-8-19-12-5-3-11(18-2)4-6-12/h3-6,9H,7-8H2,1-2H3,(H,15,17). The van der Waals surface area contributed by atoms with Crippen molar-refractivity contribution in [3.05, 3.63) is 42.1 Å². The molecule has 0 saturated heterocycles. The Hall–Kier alpha value is -2.50. The molecule has 1 aromatic carbocycles. The highest BCUT2D eigenvalue weighted by molar-refractivity contribution is 5.91. The highest BCUT2D eigenvalue weighted by atomic mass is 16.5. The summed E-state index contributed by atoms with van der Waals surface area (Å²) in [7, 11) is 1.61. The Balaban J connectivity index is 1.72. The average molecular weight is 276 g/mol. The minimum atomic E-state index is -0.302. The molecule has 106 valence electrons. The van der Waals surface area contributed by atoms with Crippen LogP contribution in [0.15, 0.2) is 34.9 Å². The zero-order chi connectivity index (χ0) is 14.4. The third-order valence-electron chi connectivity index (χ3n) is 2.56. The van der Waals surface area contributed by atoms with Gasteiger partial charge in [-0.3, -0.25) is 4.79 Å². The molecule has 1 aromatic heterocycles. The molecule has 20 heavy (non-hydrogen) atoms. The van der Waals surface area contributed by atoms with Crippen LogP contribution in [0.4, 0.5) is 0 Å². The van der Waals surface area contributed by atoms with Crippen molar-refractivity contribution in [3.8, 4) is 11.5 Å². The summed E-state index contributed by atoms with van der Waals surface area (Å²) in [5.74, 6) is 1.85. The van der Waals surface area contributed by atoms with Crippen molar-refractivity contribution in [2.45, 2.75) is 6.92 Å². The lowest BCUT2D eigenvalue weighted by molar-refractivity contribution is 0.0918. The molecule has 1 N–H and O–H groups in total. The largest absolute Gasteiger partial charge is 0.497 e. The van der Waals surface area contributed by atoms with Crippen molar-refractivity contribution < 1.29 is 18.7 Å². The van der Waals surface area contributed by atoms with E-state index in [1.807, 2.05) is 12.1 Å². The van der Waals surface area contributed by atoms with Gasteiger partial charge in [-0.15, -0.1) is 0 Å². The van der Waals surface area contributed by atoms with Crippen LogP contribution < -0.4 is 14.8 Å². The lowest BCUT2D eigenvalue weighted by atomic mass is 10.3. The van der Waals surface area contributed by atoms with Gasteiger partial charge in [0.25, 0.3) is 5.91 Å². The average Bonchev–Trinajstić information content (AvgIpc) is 2.91. The van der Waals surface area contributed by atoms with Crippen LogP contribution in [-0.2, 0) is 0 Å². The van der Waals surface area contributed by atoms with Crippen molar-refractivity contribution in [2.24, 2.45) is 0 Å². The Labute approximate surface area is 116 Å². The number of oxazole rings is 1. The number of carbonyl (C=O) groups is 1. The van der Waals surface area contributed by atoms with E-state index in [4.69, 9.17) is 13.9 Å². The molecule has 0 aliphatic heterocycles. The highest BCUT2D eigenvalue weighted by Crippen LogP contribution is 2.16. The number of benzene rings is 1. The number of hydrogen-bond acceptors (Lipinski definition) is 5. The molecule has 0 radical (unpaired) electrons. The summed E-state index contributed by atoms with van der Waals surface area (Å²) < 4.78 is 15.6. The van der Waals surface area contributed by atoms with Gasteiger partial charge in [0.2, 0.25) is 5.76 Å². The fourth-order valence-electron chi connectivity index (χ4n) is 1.56. The molecule has 0 fully saturated rings. The molecule has 0 atom stereocenters. The Bertz CT molecular complexity index is 563. The van der Waals surface area contributed by atoms with Crippen molar-refractivity contribution in [3.63, 3.8) is 0 Å². The van der Waals surface area contributed by atoms with E-state index in [0.717, 1.165) is 11.5 Å². The summed E-state index contributed by atoms with van der Waals surface area (Å²) >= 11 is 0. The van der Waals surface area contributed by atoms with Gasteiger partial charge >= 0.3 is 0 Å². The van der Waals surface area contributed by atoms with Gasteiger partial charge in [-0.1, -0.05) is 0 Å². The lowest BCUT2D eigenvalue weighted by Crippen LogP contribution is -2.27. The van der Waals surface area contributed by atoms with Gasteiger partial charge in [0.1, 0.15) is 18.1 Å². The minimum Gasteiger partial charge on any atom is -0.497 e. The van der Waals surface area contributed by atoms with Gasteiger partial charge < -0.3 is 19.2 Å². The molecule has 0 saturated carbocycles. The first kappa shape index (κ1) is 13.9. The van der Waals surface area contributed by atoms with Gasteiger partial charge in [-0.2, -0.15) is 0 Å². The SMILES string of the molecule is COc1ccc(OCCNC(=O)c2cnc(C)o2)cc1. The fraction of sp³-hybridized carbons (Fsp3) is 0.286. The number of nitrogens with zero attached hydrogens (tertiary/aromatic N) is 1. The summed E-state index contributed by atoms with van der Waals surface area (Å²) in [4.78, 5) is 15.5. The van der Waals surface area contributed by atoms with E-state index in [9.17, 15) is 4.79 Å². The van der Waals surface area contributed by atoms with Crippen LogP contribution in [0.3, 0.4) is 0 Å². The smallest absolute Gasteiger partial charge is 0.288 e. The monoisotopic (exact) mass is 276 g/mol. The number of amides is 1. The van der Waals surface area contributed by atoms with E-state index < -0.39 is 0 Å². The van der Waals surface area contributed by atoms with E-state index >= 15 is 0 Å². The molecule has 0 aliphatic rings. The molecule has 6 nitrogen and oxygen atoms in total. The first-order chi connectivity index (χ1) is 9.69. The lowest BCUT2D eigenvalue weighted by Gasteiger charge is -2.07. The highest BCUT2D eigenvalue weighted by Gasteiger charge is 2.09. The zero-order valence-electron chi connectivity index (χ0n) is 11.4. The number of aromatic nitrogens is 1. The molecular formula is C14H16N2O4. The number of methoxy groups -OCH3 is 1. The number of nitrogens with one attached hydrogen (secondary N) is 1. The molecular weight excluding hydrogens is 260 g/mol. The molecule has 2 rings (SSSR count). The van der Waals surface area contributed by atoms with Crippen LogP contribution >= 0.6 is 0 Å². The molecule has 0 unspecified atom stereocenters. The second kappa shape index (κ2) is 6.60. The zero-order valence-corrected chi connectivity index (χ0v) is 11.4. The van der Waals surface area contributed by atoms with Crippen molar-refractivity contribution in [1.29, 1.82) is 0 Å². The maximum Gasteiger partial charge on any atom is 0.288 e. The van der Waals surface area contributed by atoms with Gasteiger partial charge in [0, 0.05) is 6.92 Å². The van der Waals surface area contributed by atoms with Gasteiger partial charge in [-0.25, -0.2) is 4.98 Å². The quantitative estimate of drug-likeness (QED) is 0.814. The Morgan fingerprint density at radius 1 is 1.30 bits per heavy atom. The first-order valence-electron chi connectivity index (χ1n) is 6.16. The predicted octanol–water partition coefficient (Wildman–Crippen LogP) is 1.80. The molecule has 2 aromatic rings. The van der Waals surface area contributed by atoms with E-state index in [2.05, 4.69) is 10.3 Å². The number of rotatable bonds is 6. The topological polar surface area (TPSA) is 73.6 Å². The summed E-state index contributed by atoms with van der Waals surface area (Å²) in [6.45, 7) is 2.43. The number of aryl methyl sites for hydroxylation is 1. The maximum atomic E-state index is 11.6. The summed E-state index contributed by atoms with van der Waals surface area (Å²) in [5, 5.41) is 2.68. The van der Waals surface area contributed by atoms with Gasteiger partial charge in [0.15, 0.2) is 5.89 Å². The predicted molar refractivity (Wildman–Crippen MR) is 72.1 cm³/mol. The Kier molecular flexibility index (Phi) is 4.60. The normalized spacial score (nSPS) is 10.1. The first-order valence-corrected chi connectivity index (χ1v) is 6.16. The van der Waals surface area contributed by atoms with E-state index in [1.165, 1.54) is 6.20 Å². The molecule has 1 heterocycles. The van der Waals surface area contributed by atoms with Crippen LogP contribution in [0, 0.1) is 6.92 Å². The Morgan fingerprint density at radius 2 is 2.00 bits per heavy atom. The van der Waals surface area contributed by atoms with E-state index in [1.54, 1.807) is 26.2 Å². The summed E-state index contributed by atoms with van der Waals surface area (Å²) in [6.07, 6.45) is 1.40. The van der Waals surface area contributed by atoms with E-state index in [0.29, 0.717) is 19.0 Å². The van der Waals surface area contributed by atoms with Crippen LogP contribution in [0.2, 0.25) is 0 Å². The van der Waals surface area contributed by atoms with Crippen molar-refractivity contribution in [1.82, 2.24) is 10.3 Å². The minimum absolute atomic E-state index is 0.201. The molecule has 6 heteroatoms. The second-order valence-corrected chi connectivity index (χ2v) is 4.02. The summed E-state index contributed by atoms with van der Waals surface area (Å²) in [5.41, 5.74) is 0. The third kappa shape index (κ3) is 3.74. The third-order valence-corrected chi connectivity index (χ3v) is 2.56. The molecule has 0 aliphatic carbocycles. The van der Waals surface area contributed by atoms with Crippen LogP contribution in [0.1, 0.15) is 16.4 Å².